The topological polar surface area (TPSA) is 96.3 Å². The number of nitrogens with one attached hydrogen (secondary N) is 3. The van der Waals surface area contributed by atoms with Crippen LogP contribution in [0.3, 0.4) is 0 Å². The molecule has 0 aliphatic carbocycles. The number of benzene rings is 3. The molecule has 0 radical (unpaired) electrons. The monoisotopic (exact) mass is 418 g/mol. The maximum Gasteiger partial charge on any atom is 0.269 e. The zero-order valence-corrected chi connectivity index (χ0v) is 16.6. The van der Waals surface area contributed by atoms with E-state index in [1.165, 1.54) is 18.2 Å². The summed E-state index contributed by atoms with van der Waals surface area (Å²) in [5.74, 6) is -0.409. The molecule has 1 amide bonds. The Morgan fingerprint density at radius 3 is 2.10 bits per heavy atom. The quantitative estimate of drug-likeness (QED) is 0.229. The highest BCUT2D eigenvalue weighted by Gasteiger charge is 2.04. The van der Waals surface area contributed by atoms with Crippen LogP contribution < -0.4 is 16.0 Å². The summed E-state index contributed by atoms with van der Waals surface area (Å²) in [5.41, 5.74) is 3.30. The van der Waals surface area contributed by atoms with Crippen LogP contribution in [-0.4, -0.2) is 15.9 Å². The van der Waals surface area contributed by atoms with Gasteiger partial charge in [-0.3, -0.25) is 20.2 Å². The fraction of sp³-hybridized carbons (Fsp3) is 0. The summed E-state index contributed by atoms with van der Waals surface area (Å²) in [5, 5.41) is 19.6. The van der Waals surface area contributed by atoms with E-state index in [-0.39, 0.29) is 10.8 Å². The molecule has 0 atom stereocenters. The molecular weight excluding hydrogens is 400 g/mol. The number of non-ortho nitro benzene ring substituents is 1. The molecule has 8 heteroatoms. The predicted molar refractivity (Wildman–Crippen MR) is 123 cm³/mol. The van der Waals surface area contributed by atoms with Crippen LogP contribution >= 0.6 is 12.2 Å². The standard InChI is InChI=1S/C22H18N4O3S/c27-21(15-8-16-6-13-20(14-7-16)26(28)29)25-22(30)24-19-11-9-18(10-12-19)23-17-4-2-1-3-5-17/h1-15,23H,(H2,24,25,27,30)/b15-8+. The summed E-state index contributed by atoms with van der Waals surface area (Å²) in [6, 6.07) is 23.2. The van der Waals surface area contributed by atoms with Crippen molar-refractivity contribution in [3.05, 3.63) is 101 Å². The molecule has 3 N–H and O–H groups in total. The maximum atomic E-state index is 12.0. The predicted octanol–water partition coefficient (Wildman–Crippen LogP) is 4.86. The van der Waals surface area contributed by atoms with Gasteiger partial charge in [-0.2, -0.15) is 0 Å². The Morgan fingerprint density at radius 1 is 0.867 bits per heavy atom. The number of carbonyl (C=O) groups is 1. The van der Waals surface area contributed by atoms with Crippen molar-refractivity contribution < 1.29 is 9.72 Å². The van der Waals surface area contributed by atoms with Crippen LogP contribution in [0.5, 0.6) is 0 Å². The van der Waals surface area contributed by atoms with Crippen molar-refractivity contribution in [1.29, 1.82) is 0 Å². The fourth-order valence-electron chi connectivity index (χ4n) is 2.52. The van der Waals surface area contributed by atoms with Gasteiger partial charge in [-0.15, -0.1) is 0 Å². The van der Waals surface area contributed by atoms with E-state index in [0.29, 0.717) is 5.56 Å². The normalized spacial score (nSPS) is 10.4. The number of amides is 1. The smallest absolute Gasteiger partial charge is 0.269 e. The summed E-state index contributed by atoms with van der Waals surface area (Å²) in [6.45, 7) is 0. The lowest BCUT2D eigenvalue weighted by atomic mass is 10.2. The number of nitrogens with zero attached hydrogens (tertiary/aromatic N) is 1. The first-order valence-electron chi connectivity index (χ1n) is 8.96. The third-order valence-corrected chi connectivity index (χ3v) is 4.18. The molecule has 0 bridgehead atoms. The number of thiocarbonyl (C=S) groups is 1. The number of hydrogen-bond donors (Lipinski definition) is 3. The molecule has 7 nitrogen and oxygen atoms in total. The molecule has 0 saturated heterocycles. The molecule has 3 aromatic rings. The first-order chi connectivity index (χ1) is 14.5. The van der Waals surface area contributed by atoms with Gasteiger partial charge in [-0.1, -0.05) is 18.2 Å². The third kappa shape index (κ3) is 6.25. The minimum Gasteiger partial charge on any atom is -0.356 e. The van der Waals surface area contributed by atoms with Crippen molar-refractivity contribution in [2.45, 2.75) is 0 Å². The van der Waals surface area contributed by atoms with E-state index in [4.69, 9.17) is 12.2 Å². The van der Waals surface area contributed by atoms with Gasteiger partial charge < -0.3 is 10.6 Å². The summed E-state index contributed by atoms with van der Waals surface area (Å²) in [7, 11) is 0. The number of anilines is 3. The van der Waals surface area contributed by atoms with E-state index < -0.39 is 10.8 Å². The molecule has 0 aromatic heterocycles. The molecule has 30 heavy (non-hydrogen) atoms. The zero-order chi connectivity index (χ0) is 21.3. The highest BCUT2D eigenvalue weighted by Crippen LogP contribution is 2.18. The number of nitro groups is 1. The molecular formula is C22H18N4O3S. The second kappa shape index (κ2) is 9.94. The lowest BCUT2D eigenvalue weighted by Crippen LogP contribution is -2.32. The lowest BCUT2D eigenvalue weighted by Gasteiger charge is -2.10. The van der Waals surface area contributed by atoms with Gasteiger partial charge in [0.15, 0.2) is 5.11 Å². The highest BCUT2D eigenvalue weighted by atomic mass is 32.1. The van der Waals surface area contributed by atoms with Gasteiger partial charge in [0.05, 0.1) is 4.92 Å². The largest absolute Gasteiger partial charge is 0.356 e. The molecule has 3 aromatic carbocycles. The highest BCUT2D eigenvalue weighted by molar-refractivity contribution is 7.80. The average molecular weight is 418 g/mol. The number of para-hydroxylation sites is 1. The molecule has 3 rings (SSSR count). The van der Waals surface area contributed by atoms with Crippen molar-refractivity contribution in [1.82, 2.24) is 5.32 Å². The molecule has 0 aliphatic rings. The molecule has 0 fully saturated rings. The van der Waals surface area contributed by atoms with Crippen molar-refractivity contribution in [2.24, 2.45) is 0 Å². The lowest BCUT2D eigenvalue weighted by molar-refractivity contribution is -0.384. The molecule has 0 aliphatic heterocycles. The number of rotatable bonds is 6. The summed E-state index contributed by atoms with van der Waals surface area (Å²) >= 11 is 5.16. The van der Waals surface area contributed by atoms with E-state index in [0.717, 1.165) is 17.1 Å². The first-order valence-corrected chi connectivity index (χ1v) is 9.37. The molecule has 150 valence electrons. The van der Waals surface area contributed by atoms with Crippen LogP contribution in [0.2, 0.25) is 0 Å². The summed E-state index contributed by atoms with van der Waals surface area (Å²) in [6.07, 6.45) is 2.85. The van der Waals surface area contributed by atoms with Crippen LogP contribution in [0.15, 0.2) is 84.9 Å². The van der Waals surface area contributed by atoms with Gasteiger partial charge in [-0.25, -0.2) is 0 Å². The number of hydrogen-bond acceptors (Lipinski definition) is 5. The van der Waals surface area contributed by atoms with Gasteiger partial charge in [0.1, 0.15) is 0 Å². The molecule has 0 saturated carbocycles. The minimum atomic E-state index is -0.478. The van der Waals surface area contributed by atoms with Gasteiger partial charge in [0, 0.05) is 35.3 Å². The average Bonchev–Trinajstić information content (AvgIpc) is 2.74. The van der Waals surface area contributed by atoms with Gasteiger partial charge in [-0.05, 0) is 72.4 Å². The Hall–Kier alpha value is -4.04. The van der Waals surface area contributed by atoms with Crippen molar-refractivity contribution in [3.8, 4) is 0 Å². The Balaban J connectivity index is 1.49. The maximum absolute atomic E-state index is 12.0. The Kier molecular flexibility index (Phi) is 6.86. The van der Waals surface area contributed by atoms with Crippen LogP contribution in [0, 0.1) is 10.1 Å². The van der Waals surface area contributed by atoms with Crippen molar-refractivity contribution in [3.63, 3.8) is 0 Å². The van der Waals surface area contributed by atoms with Crippen LogP contribution in [0.1, 0.15) is 5.56 Å². The Morgan fingerprint density at radius 2 is 1.47 bits per heavy atom. The van der Waals surface area contributed by atoms with Crippen molar-refractivity contribution >= 4 is 52.1 Å². The van der Waals surface area contributed by atoms with E-state index in [2.05, 4.69) is 16.0 Å². The number of carbonyl (C=O) groups excluding carboxylic acids is 1. The van der Waals surface area contributed by atoms with Gasteiger partial charge in [0.25, 0.3) is 5.69 Å². The van der Waals surface area contributed by atoms with Crippen LogP contribution in [0.25, 0.3) is 6.08 Å². The first kappa shape index (κ1) is 20.7. The minimum absolute atomic E-state index is 0.00744. The fourth-order valence-corrected chi connectivity index (χ4v) is 2.74. The third-order valence-electron chi connectivity index (χ3n) is 3.97. The zero-order valence-electron chi connectivity index (χ0n) is 15.7. The number of nitro benzene ring substituents is 1. The Bertz CT molecular complexity index is 1070. The van der Waals surface area contributed by atoms with Gasteiger partial charge in [0.2, 0.25) is 5.91 Å². The summed E-state index contributed by atoms with van der Waals surface area (Å²) in [4.78, 5) is 22.2. The molecule has 0 unspecified atom stereocenters. The van der Waals surface area contributed by atoms with E-state index >= 15 is 0 Å². The SMILES string of the molecule is O=C(/C=C/c1ccc([N+](=O)[O-])cc1)NC(=S)Nc1ccc(Nc2ccccc2)cc1. The molecule has 0 heterocycles. The van der Waals surface area contributed by atoms with Crippen LogP contribution in [-0.2, 0) is 4.79 Å². The van der Waals surface area contributed by atoms with Gasteiger partial charge >= 0.3 is 0 Å². The van der Waals surface area contributed by atoms with E-state index in [1.54, 1.807) is 18.2 Å². The van der Waals surface area contributed by atoms with E-state index in [9.17, 15) is 14.9 Å². The van der Waals surface area contributed by atoms with Crippen LogP contribution in [0.4, 0.5) is 22.7 Å². The molecule has 0 spiro atoms. The second-order valence-corrected chi connectivity index (χ2v) is 6.60. The Labute approximate surface area is 178 Å². The second-order valence-electron chi connectivity index (χ2n) is 6.19. The summed E-state index contributed by atoms with van der Waals surface area (Å²) < 4.78 is 0. The van der Waals surface area contributed by atoms with Crippen molar-refractivity contribution in [2.75, 3.05) is 10.6 Å². The van der Waals surface area contributed by atoms with E-state index in [1.807, 2.05) is 54.6 Å².